The fourth-order valence-electron chi connectivity index (χ4n) is 1.97. The van der Waals surface area contributed by atoms with Crippen molar-refractivity contribution in [1.29, 1.82) is 0 Å². The van der Waals surface area contributed by atoms with Gasteiger partial charge in [0.15, 0.2) is 0 Å². The standard InChI is InChI=1S/C16H22N4O/c1-4-6-14-19-15(17-3)11-16(20-14)18-12-7-9-13(10-8-12)21-5-2/h7-11H,4-6H2,1-3H3,(H2,17,18,19,20). The number of aryl methyl sites for hydroxylation is 1. The van der Waals surface area contributed by atoms with Crippen LogP contribution in [-0.4, -0.2) is 23.6 Å². The summed E-state index contributed by atoms with van der Waals surface area (Å²) in [6, 6.07) is 9.74. The van der Waals surface area contributed by atoms with E-state index in [1.807, 2.05) is 44.3 Å². The number of ether oxygens (including phenoxy) is 1. The number of anilines is 3. The second-order valence-corrected chi connectivity index (χ2v) is 4.64. The molecular formula is C16H22N4O. The quantitative estimate of drug-likeness (QED) is 0.814. The van der Waals surface area contributed by atoms with Crippen molar-refractivity contribution in [2.75, 3.05) is 24.3 Å². The average molecular weight is 286 g/mol. The van der Waals surface area contributed by atoms with Gasteiger partial charge in [-0.1, -0.05) is 6.92 Å². The summed E-state index contributed by atoms with van der Waals surface area (Å²) in [5, 5.41) is 6.37. The van der Waals surface area contributed by atoms with E-state index in [-0.39, 0.29) is 0 Å². The van der Waals surface area contributed by atoms with E-state index in [4.69, 9.17) is 4.74 Å². The van der Waals surface area contributed by atoms with Crippen LogP contribution in [0.15, 0.2) is 30.3 Å². The molecule has 0 aliphatic carbocycles. The van der Waals surface area contributed by atoms with Crippen LogP contribution >= 0.6 is 0 Å². The van der Waals surface area contributed by atoms with Gasteiger partial charge in [-0.25, -0.2) is 9.97 Å². The van der Waals surface area contributed by atoms with Crippen molar-refractivity contribution >= 4 is 17.3 Å². The molecule has 0 aliphatic heterocycles. The number of aromatic nitrogens is 2. The highest BCUT2D eigenvalue weighted by Gasteiger charge is 2.04. The number of benzene rings is 1. The van der Waals surface area contributed by atoms with Crippen LogP contribution < -0.4 is 15.4 Å². The molecule has 112 valence electrons. The fraction of sp³-hybridized carbons (Fsp3) is 0.375. The maximum Gasteiger partial charge on any atom is 0.136 e. The third kappa shape index (κ3) is 4.34. The maximum atomic E-state index is 5.44. The first-order chi connectivity index (χ1) is 10.2. The van der Waals surface area contributed by atoms with Crippen LogP contribution in [0.4, 0.5) is 17.3 Å². The zero-order valence-electron chi connectivity index (χ0n) is 12.8. The topological polar surface area (TPSA) is 59.1 Å². The predicted octanol–water partition coefficient (Wildman–Crippen LogP) is 3.61. The molecule has 1 aromatic heterocycles. The minimum Gasteiger partial charge on any atom is -0.494 e. The lowest BCUT2D eigenvalue weighted by atomic mass is 10.3. The molecule has 1 aromatic carbocycles. The van der Waals surface area contributed by atoms with Crippen molar-refractivity contribution in [3.63, 3.8) is 0 Å². The normalized spacial score (nSPS) is 10.2. The van der Waals surface area contributed by atoms with Gasteiger partial charge in [-0.3, -0.25) is 0 Å². The van der Waals surface area contributed by atoms with Crippen LogP contribution in [0.2, 0.25) is 0 Å². The van der Waals surface area contributed by atoms with E-state index >= 15 is 0 Å². The second-order valence-electron chi connectivity index (χ2n) is 4.64. The molecule has 0 fully saturated rings. The van der Waals surface area contributed by atoms with Gasteiger partial charge in [-0.2, -0.15) is 0 Å². The molecule has 0 amide bonds. The molecule has 0 saturated heterocycles. The van der Waals surface area contributed by atoms with Crippen molar-refractivity contribution in [2.45, 2.75) is 26.7 Å². The molecule has 0 bridgehead atoms. The number of hydrogen-bond acceptors (Lipinski definition) is 5. The molecule has 0 saturated carbocycles. The molecule has 1 heterocycles. The smallest absolute Gasteiger partial charge is 0.136 e. The van der Waals surface area contributed by atoms with E-state index in [2.05, 4.69) is 27.5 Å². The Morgan fingerprint density at radius 2 is 1.76 bits per heavy atom. The molecule has 5 nitrogen and oxygen atoms in total. The third-order valence-corrected chi connectivity index (χ3v) is 2.94. The van der Waals surface area contributed by atoms with Crippen LogP contribution in [0.3, 0.4) is 0 Å². The Hall–Kier alpha value is -2.30. The Morgan fingerprint density at radius 3 is 2.38 bits per heavy atom. The first-order valence-electron chi connectivity index (χ1n) is 7.30. The van der Waals surface area contributed by atoms with Crippen molar-refractivity contribution in [3.05, 3.63) is 36.2 Å². The zero-order valence-corrected chi connectivity index (χ0v) is 12.8. The molecular weight excluding hydrogens is 264 g/mol. The summed E-state index contributed by atoms with van der Waals surface area (Å²) in [6.07, 6.45) is 1.89. The monoisotopic (exact) mass is 286 g/mol. The van der Waals surface area contributed by atoms with Gasteiger partial charge in [0.25, 0.3) is 0 Å². The van der Waals surface area contributed by atoms with E-state index in [1.54, 1.807) is 0 Å². The summed E-state index contributed by atoms with van der Waals surface area (Å²) in [6.45, 7) is 4.77. The SMILES string of the molecule is CCCc1nc(NC)cc(Nc2ccc(OCC)cc2)n1. The molecule has 21 heavy (non-hydrogen) atoms. The van der Waals surface area contributed by atoms with Crippen LogP contribution in [0.25, 0.3) is 0 Å². The predicted molar refractivity (Wildman–Crippen MR) is 86.5 cm³/mol. The lowest BCUT2D eigenvalue weighted by molar-refractivity contribution is 0.340. The van der Waals surface area contributed by atoms with Crippen molar-refractivity contribution < 1.29 is 4.74 Å². The van der Waals surface area contributed by atoms with Gasteiger partial charge in [0.2, 0.25) is 0 Å². The summed E-state index contributed by atoms with van der Waals surface area (Å²) >= 11 is 0. The Kier molecular flexibility index (Phi) is 5.37. The molecule has 0 aliphatic rings. The highest BCUT2D eigenvalue weighted by molar-refractivity contribution is 5.59. The van der Waals surface area contributed by atoms with Gasteiger partial charge < -0.3 is 15.4 Å². The fourth-order valence-corrected chi connectivity index (χ4v) is 1.97. The van der Waals surface area contributed by atoms with Gasteiger partial charge in [0.05, 0.1) is 6.61 Å². The summed E-state index contributed by atoms with van der Waals surface area (Å²) in [5.41, 5.74) is 0.974. The Labute approximate surface area is 125 Å². The van der Waals surface area contributed by atoms with Crippen LogP contribution in [-0.2, 0) is 6.42 Å². The van der Waals surface area contributed by atoms with Crippen LogP contribution in [0, 0.1) is 0 Å². The Balaban J connectivity index is 2.15. The van der Waals surface area contributed by atoms with Crippen molar-refractivity contribution in [2.24, 2.45) is 0 Å². The van der Waals surface area contributed by atoms with E-state index in [0.29, 0.717) is 6.61 Å². The minimum absolute atomic E-state index is 0.671. The second kappa shape index (κ2) is 7.47. The molecule has 0 radical (unpaired) electrons. The third-order valence-electron chi connectivity index (χ3n) is 2.94. The largest absolute Gasteiger partial charge is 0.494 e. The number of nitrogens with zero attached hydrogens (tertiary/aromatic N) is 2. The summed E-state index contributed by atoms with van der Waals surface area (Å²) < 4.78 is 5.44. The van der Waals surface area contributed by atoms with E-state index in [0.717, 1.165) is 41.7 Å². The first-order valence-corrected chi connectivity index (χ1v) is 7.30. The maximum absolute atomic E-state index is 5.44. The van der Waals surface area contributed by atoms with Crippen molar-refractivity contribution in [3.8, 4) is 5.75 Å². The first kappa shape index (κ1) is 15.1. The lowest BCUT2D eigenvalue weighted by Crippen LogP contribution is -2.03. The van der Waals surface area contributed by atoms with Crippen molar-refractivity contribution in [1.82, 2.24) is 9.97 Å². The molecule has 0 unspecified atom stereocenters. The van der Waals surface area contributed by atoms with Gasteiger partial charge >= 0.3 is 0 Å². The van der Waals surface area contributed by atoms with E-state index < -0.39 is 0 Å². The van der Waals surface area contributed by atoms with Crippen LogP contribution in [0.5, 0.6) is 5.75 Å². The molecule has 2 rings (SSSR count). The molecule has 2 N–H and O–H groups in total. The minimum atomic E-state index is 0.671. The Bertz CT molecular complexity index is 569. The summed E-state index contributed by atoms with van der Waals surface area (Å²) in [4.78, 5) is 8.97. The lowest BCUT2D eigenvalue weighted by Gasteiger charge is -2.10. The number of nitrogens with one attached hydrogen (secondary N) is 2. The molecule has 0 spiro atoms. The Morgan fingerprint density at radius 1 is 1.05 bits per heavy atom. The van der Waals surface area contributed by atoms with Gasteiger partial charge in [-0.05, 0) is 37.6 Å². The summed E-state index contributed by atoms with van der Waals surface area (Å²) in [5.74, 6) is 3.33. The summed E-state index contributed by atoms with van der Waals surface area (Å²) in [7, 11) is 1.86. The molecule has 2 aromatic rings. The van der Waals surface area contributed by atoms with Gasteiger partial charge in [-0.15, -0.1) is 0 Å². The zero-order chi connectivity index (χ0) is 15.1. The van der Waals surface area contributed by atoms with Gasteiger partial charge in [0.1, 0.15) is 23.2 Å². The highest BCUT2D eigenvalue weighted by Crippen LogP contribution is 2.20. The van der Waals surface area contributed by atoms with Gasteiger partial charge in [0, 0.05) is 25.2 Å². The number of hydrogen-bond donors (Lipinski definition) is 2. The van der Waals surface area contributed by atoms with E-state index in [1.165, 1.54) is 0 Å². The van der Waals surface area contributed by atoms with E-state index in [9.17, 15) is 0 Å². The highest BCUT2D eigenvalue weighted by atomic mass is 16.5. The number of rotatable bonds is 7. The molecule has 5 heteroatoms. The van der Waals surface area contributed by atoms with Crippen LogP contribution in [0.1, 0.15) is 26.1 Å². The molecule has 0 atom stereocenters. The average Bonchev–Trinajstić information content (AvgIpc) is 2.49.